The van der Waals surface area contributed by atoms with Crippen molar-refractivity contribution in [3.8, 4) is 0 Å². The second kappa shape index (κ2) is 6.29. The fourth-order valence-electron chi connectivity index (χ4n) is 2.86. The third-order valence-corrected chi connectivity index (χ3v) is 4.12. The maximum Gasteiger partial charge on any atom is 0.168 e. The molecule has 1 aliphatic rings. The van der Waals surface area contributed by atoms with Crippen LogP contribution in [0, 0.1) is 5.92 Å². The molecule has 0 aromatic carbocycles. The van der Waals surface area contributed by atoms with Crippen LogP contribution in [0.1, 0.15) is 45.1 Å². The van der Waals surface area contributed by atoms with Crippen LogP contribution in [0.2, 0.25) is 0 Å². The zero-order valence-corrected chi connectivity index (χ0v) is 11.9. The lowest BCUT2D eigenvalue weighted by molar-refractivity contribution is -0.149. The average molecular weight is 261 g/mol. The standard InChI is InChI=1S/C16H23NO2/c1-3-19-16(8-4-13(2)5-9-16)15(18)12-14-6-10-17-11-7-14/h6-7,10-11,13H,3-5,8-9,12H2,1-2H3. The van der Waals surface area contributed by atoms with Crippen molar-refractivity contribution in [2.24, 2.45) is 5.92 Å². The number of rotatable bonds is 5. The van der Waals surface area contributed by atoms with E-state index in [0.717, 1.165) is 31.2 Å². The molecule has 1 heterocycles. The predicted octanol–water partition coefficient (Wildman–Crippen LogP) is 3.18. The molecule has 0 aliphatic heterocycles. The van der Waals surface area contributed by atoms with Gasteiger partial charge < -0.3 is 4.74 Å². The highest BCUT2D eigenvalue weighted by atomic mass is 16.5. The van der Waals surface area contributed by atoms with Crippen LogP contribution in [-0.4, -0.2) is 23.0 Å². The molecule has 3 heteroatoms. The van der Waals surface area contributed by atoms with Crippen LogP contribution in [0.4, 0.5) is 0 Å². The fourth-order valence-corrected chi connectivity index (χ4v) is 2.86. The van der Waals surface area contributed by atoms with Gasteiger partial charge in [-0.15, -0.1) is 0 Å². The van der Waals surface area contributed by atoms with Crippen molar-refractivity contribution in [2.75, 3.05) is 6.61 Å². The molecule has 1 fully saturated rings. The first kappa shape index (κ1) is 14.2. The summed E-state index contributed by atoms with van der Waals surface area (Å²) in [5.41, 5.74) is 0.488. The van der Waals surface area contributed by atoms with Gasteiger partial charge in [-0.25, -0.2) is 0 Å². The van der Waals surface area contributed by atoms with Crippen LogP contribution in [0.5, 0.6) is 0 Å². The molecule has 0 spiro atoms. The zero-order chi connectivity index (χ0) is 13.7. The molecule has 2 rings (SSSR count). The highest BCUT2D eigenvalue weighted by Gasteiger charge is 2.41. The molecule has 0 unspecified atom stereocenters. The van der Waals surface area contributed by atoms with E-state index < -0.39 is 5.60 Å². The van der Waals surface area contributed by atoms with E-state index in [-0.39, 0.29) is 5.78 Å². The highest BCUT2D eigenvalue weighted by molar-refractivity contribution is 5.89. The summed E-state index contributed by atoms with van der Waals surface area (Å²) in [7, 11) is 0. The number of ketones is 1. The van der Waals surface area contributed by atoms with Gasteiger partial charge in [0.2, 0.25) is 0 Å². The molecule has 0 N–H and O–H groups in total. The Labute approximate surface area is 115 Å². The Hall–Kier alpha value is -1.22. The third-order valence-electron chi connectivity index (χ3n) is 4.12. The van der Waals surface area contributed by atoms with Crippen LogP contribution >= 0.6 is 0 Å². The molecule has 1 aromatic heterocycles. The molecule has 0 saturated heterocycles. The lowest BCUT2D eigenvalue weighted by atomic mass is 9.76. The van der Waals surface area contributed by atoms with E-state index in [2.05, 4.69) is 11.9 Å². The van der Waals surface area contributed by atoms with Crippen LogP contribution < -0.4 is 0 Å². The third kappa shape index (κ3) is 3.41. The van der Waals surface area contributed by atoms with Gasteiger partial charge in [0.15, 0.2) is 5.78 Å². The second-order valence-electron chi connectivity index (χ2n) is 5.57. The summed E-state index contributed by atoms with van der Waals surface area (Å²) in [6.45, 7) is 4.83. The summed E-state index contributed by atoms with van der Waals surface area (Å²) in [6, 6.07) is 3.81. The van der Waals surface area contributed by atoms with Gasteiger partial charge in [0, 0.05) is 25.4 Å². The lowest BCUT2D eigenvalue weighted by Crippen LogP contribution is -2.45. The molecule has 0 atom stereocenters. The van der Waals surface area contributed by atoms with Crippen LogP contribution in [0.3, 0.4) is 0 Å². The van der Waals surface area contributed by atoms with Gasteiger partial charge in [0.25, 0.3) is 0 Å². The summed E-state index contributed by atoms with van der Waals surface area (Å²) in [4.78, 5) is 16.6. The molecule has 1 aliphatic carbocycles. The molecule has 0 bridgehead atoms. The largest absolute Gasteiger partial charge is 0.367 e. The number of Topliss-reactive ketones (excluding diaryl/α,β-unsaturated/α-hetero) is 1. The molecule has 1 aromatic rings. The van der Waals surface area contributed by atoms with Crippen LogP contribution in [0.15, 0.2) is 24.5 Å². The number of ether oxygens (including phenoxy) is 1. The zero-order valence-electron chi connectivity index (χ0n) is 11.9. The van der Waals surface area contributed by atoms with E-state index in [1.807, 2.05) is 19.1 Å². The van der Waals surface area contributed by atoms with E-state index in [9.17, 15) is 4.79 Å². The second-order valence-corrected chi connectivity index (χ2v) is 5.57. The van der Waals surface area contributed by atoms with Crippen LogP contribution in [-0.2, 0) is 16.0 Å². The fraction of sp³-hybridized carbons (Fsp3) is 0.625. The first-order chi connectivity index (χ1) is 9.16. The highest BCUT2D eigenvalue weighted by Crippen LogP contribution is 2.36. The van der Waals surface area contributed by atoms with Gasteiger partial charge in [-0.2, -0.15) is 0 Å². The van der Waals surface area contributed by atoms with Crippen molar-refractivity contribution in [2.45, 2.75) is 51.6 Å². The van der Waals surface area contributed by atoms with E-state index in [1.165, 1.54) is 0 Å². The summed E-state index contributed by atoms with van der Waals surface area (Å²) in [5, 5.41) is 0. The minimum Gasteiger partial charge on any atom is -0.367 e. The number of hydrogen-bond acceptors (Lipinski definition) is 3. The van der Waals surface area contributed by atoms with Crippen LogP contribution in [0.25, 0.3) is 0 Å². The van der Waals surface area contributed by atoms with Gasteiger partial charge in [-0.3, -0.25) is 9.78 Å². The maximum atomic E-state index is 12.6. The van der Waals surface area contributed by atoms with Gasteiger partial charge in [-0.05, 0) is 56.2 Å². The number of carbonyl (C=O) groups is 1. The first-order valence-electron chi connectivity index (χ1n) is 7.22. The molecule has 3 nitrogen and oxygen atoms in total. The Morgan fingerprint density at radius 2 is 2.00 bits per heavy atom. The Morgan fingerprint density at radius 1 is 1.37 bits per heavy atom. The minimum absolute atomic E-state index is 0.229. The van der Waals surface area contributed by atoms with E-state index >= 15 is 0 Å². The lowest BCUT2D eigenvalue weighted by Gasteiger charge is -2.38. The molecular formula is C16H23NO2. The quantitative estimate of drug-likeness (QED) is 0.817. The molecule has 104 valence electrons. The van der Waals surface area contributed by atoms with Gasteiger partial charge in [0.05, 0.1) is 0 Å². The topological polar surface area (TPSA) is 39.2 Å². The van der Waals surface area contributed by atoms with Gasteiger partial charge in [0.1, 0.15) is 5.60 Å². The average Bonchev–Trinajstić information content (AvgIpc) is 2.43. The molecule has 0 amide bonds. The normalized spacial score (nSPS) is 27.2. The van der Waals surface area contributed by atoms with E-state index in [4.69, 9.17) is 4.74 Å². The predicted molar refractivity (Wildman–Crippen MR) is 74.9 cm³/mol. The number of nitrogens with zero attached hydrogens (tertiary/aromatic N) is 1. The van der Waals surface area contributed by atoms with Gasteiger partial charge in [-0.1, -0.05) is 6.92 Å². The number of pyridine rings is 1. The Balaban J connectivity index is 2.08. The summed E-state index contributed by atoms with van der Waals surface area (Å²) in [5.74, 6) is 0.940. The number of carbonyl (C=O) groups excluding carboxylic acids is 1. The SMILES string of the molecule is CCOC1(C(=O)Cc2ccncc2)CCC(C)CC1. The van der Waals surface area contributed by atoms with Crippen molar-refractivity contribution in [3.63, 3.8) is 0 Å². The van der Waals surface area contributed by atoms with Gasteiger partial charge >= 0.3 is 0 Å². The van der Waals surface area contributed by atoms with Crippen molar-refractivity contribution in [1.29, 1.82) is 0 Å². The molecule has 19 heavy (non-hydrogen) atoms. The van der Waals surface area contributed by atoms with E-state index in [1.54, 1.807) is 12.4 Å². The summed E-state index contributed by atoms with van der Waals surface area (Å²) >= 11 is 0. The van der Waals surface area contributed by atoms with Crippen molar-refractivity contribution >= 4 is 5.78 Å². The molecule has 0 radical (unpaired) electrons. The Bertz CT molecular complexity index is 408. The minimum atomic E-state index is -0.537. The van der Waals surface area contributed by atoms with Crippen molar-refractivity contribution in [1.82, 2.24) is 4.98 Å². The number of hydrogen-bond donors (Lipinski definition) is 0. The monoisotopic (exact) mass is 261 g/mol. The Morgan fingerprint density at radius 3 is 2.58 bits per heavy atom. The summed E-state index contributed by atoms with van der Waals surface area (Å²) in [6.07, 6.45) is 7.83. The molecule has 1 saturated carbocycles. The molecular weight excluding hydrogens is 238 g/mol. The van der Waals surface area contributed by atoms with E-state index in [0.29, 0.717) is 18.9 Å². The summed E-state index contributed by atoms with van der Waals surface area (Å²) < 4.78 is 5.89. The first-order valence-corrected chi connectivity index (χ1v) is 7.22. The van der Waals surface area contributed by atoms with Crippen molar-refractivity contribution in [3.05, 3.63) is 30.1 Å². The Kier molecular flexibility index (Phi) is 4.70. The van der Waals surface area contributed by atoms with Crippen molar-refractivity contribution < 1.29 is 9.53 Å². The number of aromatic nitrogens is 1. The maximum absolute atomic E-state index is 12.6. The smallest absolute Gasteiger partial charge is 0.168 e.